The van der Waals surface area contributed by atoms with E-state index < -0.39 is 131 Å². The Morgan fingerprint density at radius 2 is 1.44 bits per heavy atom. The number of carbonyl (C=O) groups excluding carboxylic acids is 8. The third-order valence-electron chi connectivity index (χ3n) is 14.4. The number of benzene rings is 3. The number of fused-ring (bicyclic) bond motifs is 5. The van der Waals surface area contributed by atoms with Gasteiger partial charge in [-0.05, 0) is 54.8 Å². The minimum atomic E-state index is -2.50. The maximum atomic E-state index is 15.7. The van der Waals surface area contributed by atoms with Gasteiger partial charge in [0.1, 0.15) is 30.0 Å². The summed E-state index contributed by atoms with van der Waals surface area (Å²) < 4.78 is 41.4. The van der Waals surface area contributed by atoms with Crippen LogP contribution in [0.4, 0.5) is 0 Å². The summed E-state index contributed by atoms with van der Waals surface area (Å²) >= 11 is 0. The average Bonchev–Trinajstić information content (AvgIpc) is 3.33. The van der Waals surface area contributed by atoms with Gasteiger partial charge in [-0.2, -0.15) is 0 Å². The van der Waals surface area contributed by atoms with Crippen LogP contribution >= 0.6 is 0 Å². The summed E-state index contributed by atoms with van der Waals surface area (Å²) in [5, 5.41) is 28.8. The van der Waals surface area contributed by atoms with Crippen molar-refractivity contribution in [2.75, 3.05) is 19.8 Å². The van der Waals surface area contributed by atoms with Gasteiger partial charge in [0, 0.05) is 44.2 Å². The van der Waals surface area contributed by atoms with Crippen molar-refractivity contribution in [3.8, 4) is 0 Å². The molecule has 19 nitrogen and oxygen atoms in total. The number of hydrogen-bond donors (Lipinski definition) is 4. The van der Waals surface area contributed by atoms with Crippen molar-refractivity contribution in [1.82, 2.24) is 5.32 Å². The van der Waals surface area contributed by atoms with E-state index in [0.717, 1.165) is 13.8 Å². The first-order chi connectivity index (χ1) is 33.6. The van der Waals surface area contributed by atoms with Crippen LogP contribution in [-0.4, -0.2) is 125 Å². The first kappa shape index (κ1) is 52.0. The summed E-state index contributed by atoms with van der Waals surface area (Å²) in [6.07, 6.45) is -11.4. The molecule has 0 unspecified atom stereocenters. The summed E-state index contributed by atoms with van der Waals surface area (Å²) in [5.74, 6) is -9.37. The van der Waals surface area contributed by atoms with E-state index in [4.69, 9.17) is 38.9 Å². The second-order valence-electron chi connectivity index (χ2n) is 19.0. The number of Topliss-reactive ketones (excluding diaryl/α,β-unsaturated/α-hetero) is 1. The highest BCUT2D eigenvalue weighted by atomic mass is 16.6. The minimum absolute atomic E-state index is 0.0229. The van der Waals surface area contributed by atoms with E-state index in [1.165, 1.54) is 52.0 Å². The molecule has 3 fully saturated rings. The lowest BCUT2D eigenvalue weighted by atomic mass is 9.44. The summed E-state index contributed by atoms with van der Waals surface area (Å²) in [5.41, 5.74) is -2.31. The number of amides is 1. The summed E-state index contributed by atoms with van der Waals surface area (Å²) in [6.45, 7) is 6.64. The molecular weight excluding hydrogens is 925 g/mol. The maximum absolute atomic E-state index is 15.7. The Morgan fingerprint density at radius 3 is 2.00 bits per heavy atom. The van der Waals surface area contributed by atoms with E-state index in [1.807, 2.05) is 0 Å². The normalized spacial score (nSPS) is 29.1. The molecule has 1 heterocycles. The predicted octanol–water partition coefficient (Wildman–Crippen LogP) is 3.18. The zero-order chi connectivity index (χ0) is 51.6. The number of aliphatic hydroxyl groups excluding tert-OH is 1. The molecule has 0 spiro atoms. The van der Waals surface area contributed by atoms with Crippen LogP contribution in [0.25, 0.3) is 0 Å². The van der Waals surface area contributed by atoms with Crippen molar-refractivity contribution in [1.29, 1.82) is 0 Å². The van der Waals surface area contributed by atoms with Crippen LogP contribution in [0.15, 0.2) is 102 Å². The molecule has 2 bridgehead atoms. The van der Waals surface area contributed by atoms with E-state index in [9.17, 15) is 39.0 Å². The molecule has 71 heavy (non-hydrogen) atoms. The zero-order valence-corrected chi connectivity index (χ0v) is 40.1. The molecule has 378 valence electrons. The van der Waals surface area contributed by atoms with Gasteiger partial charge < -0.3 is 54.4 Å². The Kier molecular flexibility index (Phi) is 15.0. The number of nitrogens with two attached hydrogens (primary N) is 1. The molecule has 11 atom stereocenters. The van der Waals surface area contributed by atoms with Crippen molar-refractivity contribution in [3.63, 3.8) is 0 Å². The number of nitrogens with one attached hydrogen (secondary N) is 1. The molecule has 3 aliphatic carbocycles. The Labute approximate surface area is 409 Å². The second-order valence-corrected chi connectivity index (χ2v) is 19.0. The summed E-state index contributed by atoms with van der Waals surface area (Å²) in [4.78, 5) is 111. The third kappa shape index (κ3) is 9.70. The Morgan fingerprint density at radius 1 is 0.831 bits per heavy atom. The number of aliphatic hydroxyl groups is 2. The highest BCUT2D eigenvalue weighted by molar-refractivity contribution is 5.96. The average molecular weight is 983 g/mol. The van der Waals surface area contributed by atoms with Crippen LogP contribution in [0, 0.1) is 16.7 Å². The summed E-state index contributed by atoms with van der Waals surface area (Å²) in [7, 11) is 0. The van der Waals surface area contributed by atoms with Crippen molar-refractivity contribution < 1.29 is 81.7 Å². The molecule has 3 aromatic carbocycles. The lowest BCUT2D eigenvalue weighted by Gasteiger charge is -2.67. The number of rotatable bonds is 15. The van der Waals surface area contributed by atoms with E-state index in [-0.39, 0.29) is 53.8 Å². The Balaban J connectivity index is 1.41. The van der Waals surface area contributed by atoms with Crippen LogP contribution < -0.4 is 11.1 Å². The lowest BCUT2D eigenvalue weighted by molar-refractivity contribution is -0.346. The molecule has 3 aromatic rings. The Hall–Kier alpha value is -6.80. The van der Waals surface area contributed by atoms with Crippen LogP contribution in [0.1, 0.15) is 93.1 Å². The number of ether oxygens (including phenoxy) is 7. The standard InChI is InChI=1S/C52H58N2O17/c1-28-34(68-48(63)42(69-38(59)26-65-37(58)22-23-53)40(31-16-10-7-11-17-31)54-46(61)32-18-12-8-13-19-32)25-52(64)45(70-47(62)33-20-14-9-15-21-33)43-50(6,35(57)24-36-51(43,27-66-36)71-30(3)56)44(60)41(67-29(2)55)39(28)49(52,4)5/h7-21,34-36,40-43,45,57,64H,22-27,53H2,1-6H3,(H,54,61)/t34-,35-,36+,40-,41+,42+,43-,45-,50+,51-,52+/m0/s1. The van der Waals surface area contributed by atoms with Crippen molar-refractivity contribution in [2.45, 2.75) is 115 Å². The molecule has 1 amide bonds. The molecule has 0 radical (unpaired) electrons. The fourth-order valence-corrected chi connectivity index (χ4v) is 10.8. The lowest BCUT2D eigenvalue weighted by Crippen LogP contribution is -2.82. The van der Waals surface area contributed by atoms with E-state index in [1.54, 1.807) is 66.7 Å². The van der Waals surface area contributed by atoms with Crippen LogP contribution in [0.3, 0.4) is 0 Å². The number of ketones is 1. The number of carbonyl (C=O) groups is 8. The van der Waals surface area contributed by atoms with Crippen LogP contribution in [0.5, 0.6) is 0 Å². The van der Waals surface area contributed by atoms with Gasteiger partial charge in [0.15, 0.2) is 24.1 Å². The molecule has 0 aromatic heterocycles. The van der Waals surface area contributed by atoms with E-state index in [0.29, 0.717) is 0 Å². The third-order valence-corrected chi connectivity index (χ3v) is 14.4. The van der Waals surface area contributed by atoms with Gasteiger partial charge in [-0.3, -0.25) is 24.0 Å². The topological polar surface area (TPSA) is 280 Å². The van der Waals surface area contributed by atoms with E-state index in [2.05, 4.69) is 5.32 Å². The monoisotopic (exact) mass is 982 g/mol. The van der Waals surface area contributed by atoms with Crippen molar-refractivity contribution in [3.05, 3.63) is 119 Å². The van der Waals surface area contributed by atoms with Gasteiger partial charge in [-0.1, -0.05) is 80.6 Å². The molecule has 19 heteroatoms. The SMILES string of the molecule is CC(=O)O[C@H]1C(=O)[C@@]2(C)[C@H]([C@H](OC(=O)c3ccccc3)[C@]3(O)C[C@H](OC(=O)[C@H](OC(=O)COC(=O)CCN)[C@@H](NC(=O)c4ccccc4)c4ccccc4)C(C)=C1C3(C)C)[C@]1(OC(C)=O)CO[C@@H]1C[C@@H]2O. The Bertz CT molecular complexity index is 2590. The highest BCUT2D eigenvalue weighted by Gasteiger charge is 2.78. The van der Waals surface area contributed by atoms with Crippen molar-refractivity contribution >= 4 is 47.5 Å². The summed E-state index contributed by atoms with van der Waals surface area (Å²) in [6, 6.07) is 22.1. The largest absolute Gasteiger partial charge is 0.455 e. The minimum Gasteiger partial charge on any atom is -0.455 e. The first-order valence-corrected chi connectivity index (χ1v) is 23.2. The maximum Gasteiger partial charge on any atom is 0.350 e. The van der Waals surface area contributed by atoms with Crippen LogP contribution in [-0.2, 0) is 61.9 Å². The molecular formula is C52H58N2O17. The van der Waals surface area contributed by atoms with E-state index >= 15 is 9.59 Å². The first-order valence-electron chi connectivity index (χ1n) is 23.2. The molecule has 7 rings (SSSR count). The molecule has 2 saturated carbocycles. The molecule has 1 aliphatic heterocycles. The molecule has 1 saturated heterocycles. The van der Waals surface area contributed by atoms with Gasteiger partial charge in [0.2, 0.25) is 6.10 Å². The predicted molar refractivity (Wildman–Crippen MR) is 246 cm³/mol. The number of esters is 6. The highest BCUT2D eigenvalue weighted by Crippen LogP contribution is 2.64. The van der Waals surface area contributed by atoms with Gasteiger partial charge in [0.25, 0.3) is 5.91 Å². The second kappa shape index (κ2) is 20.5. The van der Waals surface area contributed by atoms with Gasteiger partial charge >= 0.3 is 35.8 Å². The molecule has 5 N–H and O–H groups in total. The zero-order valence-electron chi connectivity index (χ0n) is 40.1. The molecule has 4 aliphatic rings. The number of hydrogen-bond acceptors (Lipinski definition) is 18. The van der Waals surface area contributed by atoms with Gasteiger partial charge in [-0.15, -0.1) is 0 Å². The fraction of sp³-hybridized carbons (Fsp3) is 0.462. The van der Waals surface area contributed by atoms with Crippen LogP contribution in [0.2, 0.25) is 0 Å². The van der Waals surface area contributed by atoms with Gasteiger partial charge in [0.05, 0.1) is 36.0 Å². The fourth-order valence-electron chi connectivity index (χ4n) is 10.8. The van der Waals surface area contributed by atoms with Crippen molar-refractivity contribution in [2.24, 2.45) is 22.5 Å². The smallest absolute Gasteiger partial charge is 0.350 e. The quantitative estimate of drug-likeness (QED) is 0.0967. The van der Waals surface area contributed by atoms with Gasteiger partial charge in [-0.25, -0.2) is 14.4 Å².